The number of hydrogen-bond acceptors (Lipinski definition) is 2. The van der Waals surface area contributed by atoms with Crippen LogP contribution in [0.2, 0.25) is 0 Å². The highest BCUT2D eigenvalue weighted by molar-refractivity contribution is 5.28. The lowest BCUT2D eigenvalue weighted by Gasteiger charge is -2.19. The number of pyridine rings is 1. The highest BCUT2D eigenvalue weighted by Gasteiger charge is 2.15. The minimum Gasteiger partial charge on any atom is -0.301 e. The number of benzene rings is 2. The Hall–Kier alpha value is -2.52. The Bertz CT molecular complexity index is 714. The van der Waals surface area contributed by atoms with Gasteiger partial charge in [-0.1, -0.05) is 48.5 Å². The van der Waals surface area contributed by atoms with Crippen LogP contribution in [0.3, 0.4) is 0 Å². The van der Waals surface area contributed by atoms with E-state index < -0.39 is 0 Å². The predicted molar refractivity (Wildman–Crippen MR) is 85.8 cm³/mol. The Balaban J connectivity index is 1.86. The fraction of sp³-hybridized carbons (Fsp3) is 0.105. The maximum absolute atomic E-state index is 13.6. The van der Waals surface area contributed by atoms with E-state index in [1.165, 1.54) is 11.6 Å². The fourth-order valence-corrected chi connectivity index (χ4v) is 2.44. The third kappa shape index (κ3) is 3.57. The Labute approximate surface area is 129 Å². The second kappa shape index (κ2) is 6.96. The summed E-state index contributed by atoms with van der Waals surface area (Å²) >= 11 is 0. The molecular weight excluding hydrogens is 275 g/mol. The molecule has 0 aliphatic heterocycles. The summed E-state index contributed by atoms with van der Waals surface area (Å²) in [5, 5.41) is 3.47. The van der Waals surface area contributed by atoms with Gasteiger partial charge in [-0.2, -0.15) is 0 Å². The van der Waals surface area contributed by atoms with Crippen LogP contribution in [0.25, 0.3) is 0 Å². The van der Waals surface area contributed by atoms with Crippen molar-refractivity contribution >= 4 is 0 Å². The van der Waals surface area contributed by atoms with E-state index in [0.29, 0.717) is 6.54 Å². The molecule has 0 amide bonds. The lowest BCUT2D eigenvalue weighted by atomic mass is 10.0. The van der Waals surface area contributed by atoms with Crippen LogP contribution in [0.5, 0.6) is 0 Å². The van der Waals surface area contributed by atoms with Crippen LogP contribution in [0.4, 0.5) is 4.39 Å². The third-order valence-corrected chi connectivity index (χ3v) is 3.52. The topological polar surface area (TPSA) is 24.9 Å². The standard InChI is InChI=1S/C19H17FN2/c20-17-10-6-9-16(13-17)19(18-11-4-5-12-21-18)22-14-15-7-2-1-3-8-15/h1-13,19,22H,14H2/t19-/m0/s1. The van der Waals surface area contributed by atoms with Gasteiger partial charge in [0.2, 0.25) is 0 Å². The summed E-state index contributed by atoms with van der Waals surface area (Å²) in [7, 11) is 0. The molecule has 1 atom stereocenters. The van der Waals surface area contributed by atoms with Gasteiger partial charge in [0.15, 0.2) is 0 Å². The second-order valence-corrected chi connectivity index (χ2v) is 5.11. The van der Waals surface area contributed by atoms with E-state index in [-0.39, 0.29) is 11.9 Å². The molecule has 0 aliphatic rings. The van der Waals surface area contributed by atoms with Crippen molar-refractivity contribution in [2.24, 2.45) is 0 Å². The number of aromatic nitrogens is 1. The summed E-state index contributed by atoms with van der Waals surface area (Å²) in [6, 6.07) is 22.4. The lowest BCUT2D eigenvalue weighted by Crippen LogP contribution is -2.23. The molecule has 2 nitrogen and oxygen atoms in total. The monoisotopic (exact) mass is 292 g/mol. The summed E-state index contributed by atoms with van der Waals surface area (Å²) in [6.07, 6.45) is 1.76. The zero-order valence-corrected chi connectivity index (χ0v) is 12.1. The van der Waals surface area contributed by atoms with E-state index in [0.717, 1.165) is 11.3 Å². The molecule has 0 saturated carbocycles. The number of hydrogen-bond donors (Lipinski definition) is 1. The predicted octanol–water partition coefficient (Wildman–Crippen LogP) is 4.10. The van der Waals surface area contributed by atoms with Crippen LogP contribution in [-0.2, 0) is 6.54 Å². The average molecular weight is 292 g/mol. The molecule has 2 aromatic carbocycles. The maximum atomic E-state index is 13.6. The van der Waals surface area contributed by atoms with Crippen molar-refractivity contribution < 1.29 is 4.39 Å². The highest BCUT2D eigenvalue weighted by atomic mass is 19.1. The molecule has 110 valence electrons. The Kier molecular flexibility index (Phi) is 4.56. The summed E-state index contributed by atoms with van der Waals surface area (Å²) in [4.78, 5) is 4.41. The minimum atomic E-state index is -0.236. The zero-order valence-electron chi connectivity index (χ0n) is 12.1. The van der Waals surface area contributed by atoms with E-state index >= 15 is 0 Å². The molecule has 0 spiro atoms. The van der Waals surface area contributed by atoms with E-state index in [9.17, 15) is 4.39 Å². The number of nitrogens with one attached hydrogen (secondary N) is 1. The normalized spacial score (nSPS) is 12.0. The SMILES string of the molecule is Fc1cccc([C@H](NCc2ccccc2)c2ccccn2)c1. The highest BCUT2D eigenvalue weighted by Crippen LogP contribution is 2.21. The van der Waals surface area contributed by atoms with Gasteiger partial charge in [-0.3, -0.25) is 4.98 Å². The summed E-state index contributed by atoms with van der Waals surface area (Å²) in [5.41, 5.74) is 2.93. The first kappa shape index (κ1) is 14.4. The van der Waals surface area contributed by atoms with Gasteiger partial charge in [0, 0.05) is 12.7 Å². The first-order valence-electron chi connectivity index (χ1n) is 7.26. The number of nitrogens with zero attached hydrogens (tertiary/aromatic N) is 1. The van der Waals surface area contributed by atoms with Crippen molar-refractivity contribution in [1.82, 2.24) is 10.3 Å². The molecule has 0 aliphatic carbocycles. The van der Waals surface area contributed by atoms with Gasteiger partial charge < -0.3 is 5.32 Å². The van der Waals surface area contributed by atoms with Crippen LogP contribution in [0.1, 0.15) is 22.9 Å². The van der Waals surface area contributed by atoms with E-state index in [1.54, 1.807) is 18.3 Å². The molecule has 0 radical (unpaired) electrons. The van der Waals surface area contributed by atoms with Gasteiger partial charge in [0.25, 0.3) is 0 Å². The first-order chi connectivity index (χ1) is 10.8. The van der Waals surface area contributed by atoms with Crippen LogP contribution in [0.15, 0.2) is 79.0 Å². The van der Waals surface area contributed by atoms with E-state index in [2.05, 4.69) is 22.4 Å². The second-order valence-electron chi connectivity index (χ2n) is 5.11. The summed E-state index contributed by atoms with van der Waals surface area (Å²) in [5.74, 6) is -0.236. The Morgan fingerprint density at radius 1 is 0.909 bits per heavy atom. The Morgan fingerprint density at radius 3 is 2.45 bits per heavy atom. The number of rotatable bonds is 5. The van der Waals surface area contributed by atoms with Crippen LogP contribution < -0.4 is 5.32 Å². The smallest absolute Gasteiger partial charge is 0.123 e. The van der Waals surface area contributed by atoms with Crippen molar-refractivity contribution in [3.05, 3.63) is 102 Å². The molecule has 3 heteroatoms. The van der Waals surface area contributed by atoms with Gasteiger partial charge in [-0.05, 0) is 35.4 Å². The Morgan fingerprint density at radius 2 is 1.73 bits per heavy atom. The molecule has 22 heavy (non-hydrogen) atoms. The van der Waals surface area contributed by atoms with Crippen molar-refractivity contribution in [1.29, 1.82) is 0 Å². The third-order valence-electron chi connectivity index (χ3n) is 3.52. The van der Waals surface area contributed by atoms with Crippen molar-refractivity contribution in [3.63, 3.8) is 0 Å². The molecule has 0 unspecified atom stereocenters. The van der Waals surface area contributed by atoms with E-state index in [4.69, 9.17) is 0 Å². The fourth-order valence-electron chi connectivity index (χ4n) is 2.44. The molecule has 1 N–H and O–H groups in total. The average Bonchev–Trinajstić information content (AvgIpc) is 2.57. The zero-order chi connectivity index (χ0) is 15.2. The number of halogens is 1. The molecule has 1 aromatic heterocycles. The summed E-state index contributed by atoms with van der Waals surface area (Å²) in [6.45, 7) is 0.693. The first-order valence-corrected chi connectivity index (χ1v) is 7.26. The quantitative estimate of drug-likeness (QED) is 0.766. The van der Waals surface area contributed by atoms with Crippen LogP contribution in [-0.4, -0.2) is 4.98 Å². The molecule has 0 saturated heterocycles. The van der Waals surface area contributed by atoms with Gasteiger partial charge in [0.1, 0.15) is 5.82 Å². The summed E-state index contributed by atoms with van der Waals surface area (Å²) < 4.78 is 13.6. The molecule has 3 aromatic rings. The van der Waals surface area contributed by atoms with Crippen molar-refractivity contribution in [3.8, 4) is 0 Å². The molecule has 0 bridgehead atoms. The lowest BCUT2D eigenvalue weighted by molar-refractivity contribution is 0.579. The molecule has 0 fully saturated rings. The van der Waals surface area contributed by atoms with Crippen molar-refractivity contribution in [2.75, 3.05) is 0 Å². The van der Waals surface area contributed by atoms with E-state index in [1.807, 2.05) is 42.5 Å². The van der Waals surface area contributed by atoms with Gasteiger partial charge in [0.05, 0.1) is 11.7 Å². The van der Waals surface area contributed by atoms with Crippen LogP contribution in [0, 0.1) is 5.82 Å². The minimum absolute atomic E-state index is 0.142. The van der Waals surface area contributed by atoms with Crippen molar-refractivity contribution in [2.45, 2.75) is 12.6 Å². The van der Waals surface area contributed by atoms with Crippen LogP contribution >= 0.6 is 0 Å². The van der Waals surface area contributed by atoms with Gasteiger partial charge in [-0.25, -0.2) is 4.39 Å². The largest absolute Gasteiger partial charge is 0.301 e. The van der Waals surface area contributed by atoms with Gasteiger partial charge >= 0.3 is 0 Å². The molecule has 1 heterocycles. The molecule has 3 rings (SSSR count). The molecular formula is C19H17FN2. The van der Waals surface area contributed by atoms with Gasteiger partial charge in [-0.15, -0.1) is 0 Å². The maximum Gasteiger partial charge on any atom is 0.123 e.